The number of aryl methyl sites for hydroxylation is 1. The van der Waals surface area contributed by atoms with Crippen molar-refractivity contribution in [2.45, 2.75) is 51.1 Å². The van der Waals surface area contributed by atoms with Crippen LogP contribution < -0.4 is 5.32 Å². The van der Waals surface area contributed by atoms with Crippen molar-refractivity contribution in [3.05, 3.63) is 29.2 Å². The summed E-state index contributed by atoms with van der Waals surface area (Å²) in [6.07, 6.45) is -2.44. The molecule has 2 N–H and O–H groups in total. The number of nitrogens with zero attached hydrogens (tertiary/aromatic N) is 1. The Kier molecular flexibility index (Phi) is 3.86. The van der Waals surface area contributed by atoms with Crippen LogP contribution in [0, 0.1) is 6.92 Å². The van der Waals surface area contributed by atoms with E-state index in [0.29, 0.717) is 5.56 Å². The number of alkyl halides is 3. The van der Waals surface area contributed by atoms with Crippen molar-refractivity contribution in [1.29, 1.82) is 0 Å². The van der Waals surface area contributed by atoms with Gasteiger partial charge in [-0.1, -0.05) is 0 Å². The topological polar surface area (TPSA) is 58.3 Å². The van der Waals surface area contributed by atoms with Gasteiger partial charge in [0.05, 0.1) is 6.10 Å². The zero-order valence-electron chi connectivity index (χ0n) is 12.1. The molecule has 0 spiro atoms. The Balaban J connectivity index is 1.89. The molecule has 1 aliphatic rings. The maximum Gasteiger partial charge on any atom is 0.420 e. The molecular formula is C15H17F3N2O2. The number of nitrogens with one attached hydrogen (secondary N) is 1. The number of benzene rings is 1. The molecule has 22 heavy (non-hydrogen) atoms. The van der Waals surface area contributed by atoms with Gasteiger partial charge in [-0.15, -0.1) is 0 Å². The Morgan fingerprint density at radius 1 is 1.36 bits per heavy atom. The Labute approximate surface area is 125 Å². The average molecular weight is 314 g/mol. The Morgan fingerprint density at radius 2 is 2.14 bits per heavy atom. The molecule has 1 aromatic carbocycles. The molecule has 3 rings (SSSR count). The Morgan fingerprint density at radius 3 is 2.77 bits per heavy atom. The molecule has 120 valence electrons. The zero-order valence-corrected chi connectivity index (χ0v) is 12.1. The standard InChI is InChI=1S/C15H17F3N2O2/c1-8-20-12-6-9(7-19-11-3-2-4-13(11)21)5-10(14(12)22-8)15(16,17)18/h5-6,11,13,19,21H,2-4,7H2,1H3/t11-,13+/m0/s1. The molecule has 0 saturated heterocycles. The third-order valence-electron chi connectivity index (χ3n) is 4.01. The molecule has 0 unspecified atom stereocenters. The van der Waals surface area contributed by atoms with Gasteiger partial charge in [-0.25, -0.2) is 4.98 Å². The molecule has 1 aromatic heterocycles. The van der Waals surface area contributed by atoms with E-state index >= 15 is 0 Å². The number of aliphatic hydroxyl groups is 1. The van der Waals surface area contributed by atoms with Crippen LogP contribution in [-0.4, -0.2) is 22.2 Å². The van der Waals surface area contributed by atoms with Crippen molar-refractivity contribution in [3.8, 4) is 0 Å². The van der Waals surface area contributed by atoms with Gasteiger partial charge in [-0.3, -0.25) is 0 Å². The second kappa shape index (κ2) is 5.55. The molecule has 4 nitrogen and oxygen atoms in total. The number of aliphatic hydroxyl groups excluding tert-OH is 1. The van der Waals surface area contributed by atoms with Gasteiger partial charge in [0, 0.05) is 19.5 Å². The second-order valence-corrected chi connectivity index (χ2v) is 5.71. The highest BCUT2D eigenvalue weighted by Crippen LogP contribution is 2.36. The summed E-state index contributed by atoms with van der Waals surface area (Å²) in [6.45, 7) is 1.78. The number of fused-ring (bicyclic) bond motifs is 1. The normalized spacial score (nSPS) is 22.6. The molecule has 1 fully saturated rings. The van der Waals surface area contributed by atoms with Crippen LogP contribution in [0.25, 0.3) is 11.1 Å². The van der Waals surface area contributed by atoms with Gasteiger partial charge in [-0.05, 0) is 37.0 Å². The van der Waals surface area contributed by atoms with E-state index in [1.54, 1.807) is 6.07 Å². The van der Waals surface area contributed by atoms with Gasteiger partial charge in [0.1, 0.15) is 11.1 Å². The van der Waals surface area contributed by atoms with E-state index in [4.69, 9.17) is 4.42 Å². The number of oxazole rings is 1. The smallest absolute Gasteiger partial charge is 0.420 e. The lowest BCUT2D eigenvalue weighted by Gasteiger charge is -2.17. The van der Waals surface area contributed by atoms with Gasteiger partial charge in [0.15, 0.2) is 11.5 Å². The van der Waals surface area contributed by atoms with Gasteiger partial charge >= 0.3 is 6.18 Å². The molecule has 7 heteroatoms. The molecule has 0 bridgehead atoms. The van der Waals surface area contributed by atoms with Crippen LogP contribution in [0.2, 0.25) is 0 Å². The van der Waals surface area contributed by atoms with Crippen LogP contribution in [0.3, 0.4) is 0 Å². The van der Waals surface area contributed by atoms with E-state index in [-0.39, 0.29) is 29.6 Å². The van der Waals surface area contributed by atoms with E-state index in [2.05, 4.69) is 10.3 Å². The van der Waals surface area contributed by atoms with Crippen molar-refractivity contribution in [3.63, 3.8) is 0 Å². The van der Waals surface area contributed by atoms with E-state index in [1.807, 2.05) is 0 Å². The summed E-state index contributed by atoms with van der Waals surface area (Å²) in [5, 5.41) is 12.9. The number of hydrogen-bond acceptors (Lipinski definition) is 4. The zero-order chi connectivity index (χ0) is 15.9. The van der Waals surface area contributed by atoms with Crippen LogP contribution in [-0.2, 0) is 12.7 Å². The maximum atomic E-state index is 13.2. The van der Waals surface area contributed by atoms with Gasteiger partial charge < -0.3 is 14.8 Å². The van der Waals surface area contributed by atoms with Crippen molar-refractivity contribution in [1.82, 2.24) is 10.3 Å². The fourth-order valence-electron chi connectivity index (χ4n) is 2.94. The fourth-order valence-corrected chi connectivity index (χ4v) is 2.94. The largest absolute Gasteiger partial charge is 0.440 e. The predicted octanol–water partition coefficient (Wildman–Crippen LogP) is 3.16. The number of hydrogen-bond donors (Lipinski definition) is 2. The number of halogens is 3. The second-order valence-electron chi connectivity index (χ2n) is 5.71. The lowest BCUT2D eigenvalue weighted by molar-refractivity contribution is -0.136. The van der Waals surface area contributed by atoms with Crippen molar-refractivity contribution < 1.29 is 22.7 Å². The van der Waals surface area contributed by atoms with Crippen LogP contribution in [0.1, 0.15) is 36.3 Å². The molecule has 0 amide bonds. The molecule has 2 atom stereocenters. The first-order chi connectivity index (χ1) is 10.3. The van der Waals surface area contributed by atoms with Crippen molar-refractivity contribution in [2.24, 2.45) is 0 Å². The minimum Gasteiger partial charge on any atom is -0.440 e. The van der Waals surface area contributed by atoms with Crippen molar-refractivity contribution in [2.75, 3.05) is 0 Å². The monoisotopic (exact) mass is 314 g/mol. The molecule has 0 radical (unpaired) electrons. The predicted molar refractivity (Wildman–Crippen MR) is 74.2 cm³/mol. The molecule has 2 aromatic rings. The first-order valence-corrected chi connectivity index (χ1v) is 7.23. The maximum absolute atomic E-state index is 13.2. The lowest BCUT2D eigenvalue weighted by atomic mass is 10.1. The third kappa shape index (κ3) is 2.96. The SMILES string of the molecule is Cc1nc2cc(CN[C@H]3CCC[C@H]3O)cc(C(F)(F)F)c2o1. The number of aromatic nitrogens is 1. The summed E-state index contributed by atoms with van der Waals surface area (Å²) in [5.74, 6) is 0.205. The van der Waals surface area contributed by atoms with Gasteiger partial charge in [0.2, 0.25) is 0 Å². The van der Waals surface area contributed by atoms with Gasteiger partial charge in [-0.2, -0.15) is 13.2 Å². The van der Waals surface area contributed by atoms with E-state index < -0.39 is 17.8 Å². The number of rotatable bonds is 3. The Bertz CT molecular complexity index is 681. The first-order valence-electron chi connectivity index (χ1n) is 7.23. The molecule has 1 heterocycles. The highest BCUT2D eigenvalue weighted by molar-refractivity contribution is 5.78. The van der Waals surface area contributed by atoms with Gasteiger partial charge in [0.25, 0.3) is 0 Å². The minimum atomic E-state index is -4.49. The molecule has 1 saturated carbocycles. The minimum absolute atomic E-state index is 0.0657. The summed E-state index contributed by atoms with van der Waals surface area (Å²) in [5.41, 5.74) is -0.354. The molecule has 0 aliphatic heterocycles. The summed E-state index contributed by atoms with van der Waals surface area (Å²) < 4.78 is 44.6. The lowest BCUT2D eigenvalue weighted by Crippen LogP contribution is -2.35. The molecule has 1 aliphatic carbocycles. The Hall–Kier alpha value is -1.60. The van der Waals surface area contributed by atoms with Crippen LogP contribution in [0.4, 0.5) is 13.2 Å². The van der Waals surface area contributed by atoms with E-state index in [9.17, 15) is 18.3 Å². The summed E-state index contributed by atoms with van der Waals surface area (Å²) in [4.78, 5) is 4.00. The first kappa shape index (κ1) is 15.3. The van der Waals surface area contributed by atoms with Crippen LogP contribution in [0.15, 0.2) is 16.5 Å². The molecular weight excluding hydrogens is 297 g/mol. The van der Waals surface area contributed by atoms with E-state index in [1.165, 1.54) is 6.92 Å². The van der Waals surface area contributed by atoms with E-state index in [0.717, 1.165) is 25.3 Å². The summed E-state index contributed by atoms with van der Waals surface area (Å²) in [7, 11) is 0. The quantitative estimate of drug-likeness (QED) is 0.914. The van der Waals surface area contributed by atoms with Crippen LogP contribution in [0.5, 0.6) is 0 Å². The summed E-state index contributed by atoms with van der Waals surface area (Å²) >= 11 is 0. The third-order valence-corrected chi connectivity index (χ3v) is 4.01. The van der Waals surface area contributed by atoms with Crippen molar-refractivity contribution >= 4 is 11.1 Å². The fraction of sp³-hybridized carbons (Fsp3) is 0.533. The highest BCUT2D eigenvalue weighted by Gasteiger charge is 2.35. The average Bonchev–Trinajstić information content (AvgIpc) is 2.98. The van der Waals surface area contributed by atoms with Crippen LogP contribution >= 0.6 is 0 Å². The summed E-state index contributed by atoms with van der Waals surface area (Å²) in [6, 6.07) is 2.61. The highest BCUT2D eigenvalue weighted by atomic mass is 19.4.